The van der Waals surface area contributed by atoms with Gasteiger partial charge >= 0.3 is 0 Å². The van der Waals surface area contributed by atoms with Gasteiger partial charge < -0.3 is 4.90 Å². The van der Waals surface area contributed by atoms with Gasteiger partial charge in [0.15, 0.2) is 0 Å². The van der Waals surface area contributed by atoms with E-state index in [1.54, 1.807) is 0 Å². The van der Waals surface area contributed by atoms with E-state index in [1.165, 1.54) is 5.56 Å². The van der Waals surface area contributed by atoms with Crippen molar-refractivity contribution in [2.45, 2.75) is 13.3 Å². The normalized spacial score (nSPS) is 16.2. The first-order chi connectivity index (χ1) is 7.75. The average Bonchev–Trinajstić information content (AvgIpc) is 2.33. The third-order valence-electron chi connectivity index (χ3n) is 2.84. The van der Waals surface area contributed by atoms with E-state index >= 15 is 0 Å². The molecule has 0 aromatic heterocycles. The molecule has 2 rings (SSSR count). The molecule has 0 radical (unpaired) electrons. The Bertz CT molecular complexity index is 355. The Morgan fingerprint density at radius 3 is 2.50 bits per heavy atom. The number of rotatable bonds is 2. The Balaban J connectivity index is 1.93. The van der Waals surface area contributed by atoms with Gasteiger partial charge in [-0.05, 0) is 12.5 Å². The standard InChI is InChI=1S/C13H17NOS/c1-11-2-4-12(5-3-11)10-13(15)14-6-8-16-9-7-14/h2-5H,6-10H2,1H3. The molecule has 3 heteroatoms. The molecule has 1 fully saturated rings. The molecule has 1 heterocycles. The summed E-state index contributed by atoms with van der Waals surface area (Å²) in [4.78, 5) is 14.0. The molecule has 0 bridgehead atoms. The summed E-state index contributed by atoms with van der Waals surface area (Å²) in [6.45, 7) is 3.89. The molecule has 86 valence electrons. The highest BCUT2D eigenvalue weighted by Crippen LogP contribution is 2.11. The van der Waals surface area contributed by atoms with Crippen molar-refractivity contribution in [3.63, 3.8) is 0 Å². The summed E-state index contributed by atoms with van der Waals surface area (Å²) in [5, 5.41) is 0. The van der Waals surface area contributed by atoms with Gasteiger partial charge in [-0.15, -0.1) is 0 Å². The highest BCUT2D eigenvalue weighted by Gasteiger charge is 2.16. The van der Waals surface area contributed by atoms with E-state index < -0.39 is 0 Å². The van der Waals surface area contributed by atoms with Crippen LogP contribution in [-0.2, 0) is 11.2 Å². The molecule has 0 saturated carbocycles. The van der Waals surface area contributed by atoms with E-state index in [2.05, 4.69) is 19.1 Å². The van der Waals surface area contributed by atoms with Gasteiger partial charge in [-0.1, -0.05) is 29.8 Å². The van der Waals surface area contributed by atoms with E-state index in [0.29, 0.717) is 6.42 Å². The predicted molar refractivity (Wildman–Crippen MR) is 68.8 cm³/mol. The molecule has 1 aliphatic heterocycles. The Kier molecular flexibility index (Phi) is 3.88. The fourth-order valence-electron chi connectivity index (χ4n) is 1.81. The summed E-state index contributed by atoms with van der Waals surface area (Å²) in [5.41, 5.74) is 2.36. The van der Waals surface area contributed by atoms with Gasteiger partial charge in [0, 0.05) is 24.6 Å². The number of nitrogens with zero attached hydrogens (tertiary/aromatic N) is 1. The number of benzene rings is 1. The summed E-state index contributed by atoms with van der Waals surface area (Å²) in [6, 6.07) is 8.22. The van der Waals surface area contributed by atoms with E-state index in [1.807, 2.05) is 28.8 Å². The summed E-state index contributed by atoms with van der Waals surface area (Å²) in [6.07, 6.45) is 0.547. The fourth-order valence-corrected chi connectivity index (χ4v) is 2.71. The smallest absolute Gasteiger partial charge is 0.227 e. The van der Waals surface area contributed by atoms with Crippen molar-refractivity contribution < 1.29 is 4.79 Å². The second-order valence-electron chi connectivity index (χ2n) is 4.16. The van der Waals surface area contributed by atoms with Crippen LogP contribution in [0.25, 0.3) is 0 Å². The van der Waals surface area contributed by atoms with Crippen molar-refractivity contribution in [1.82, 2.24) is 4.90 Å². The summed E-state index contributed by atoms with van der Waals surface area (Å²) < 4.78 is 0. The maximum absolute atomic E-state index is 12.0. The predicted octanol–water partition coefficient (Wildman–Crippen LogP) is 2.11. The monoisotopic (exact) mass is 235 g/mol. The first-order valence-corrected chi connectivity index (χ1v) is 6.82. The lowest BCUT2D eigenvalue weighted by molar-refractivity contribution is -0.130. The number of carbonyl (C=O) groups is 1. The second-order valence-corrected chi connectivity index (χ2v) is 5.38. The van der Waals surface area contributed by atoms with E-state index in [4.69, 9.17) is 0 Å². The molecule has 0 atom stereocenters. The quantitative estimate of drug-likeness (QED) is 0.782. The number of amides is 1. The Morgan fingerprint density at radius 2 is 1.88 bits per heavy atom. The van der Waals surface area contributed by atoms with Crippen LogP contribution in [-0.4, -0.2) is 35.4 Å². The third-order valence-corrected chi connectivity index (χ3v) is 3.78. The summed E-state index contributed by atoms with van der Waals surface area (Å²) in [7, 11) is 0. The molecule has 0 N–H and O–H groups in total. The Hall–Kier alpha value is -0.960. The van der Waals surface area contributed by atoms with Crippen molar-refractivity contribution >= 4 is 17.7 Å². The molecular weight excluding hydrogens is 218 g/mol. The highest BCUT2D eigenvalue weighted by atomic mass is 32.2. The molecular formula is C13H17NOS. The van der Waals surface area contributed by atoms with Gasteiger partial charge in [0.2, 0.25) is 5.91 Å². The lowest BCUT2D eigenvalue weighted by Gasteiger charge is -2.26. The largest absolute Gasteiger partial charge is 0.341 e. The van der Waals surface area contributed by atoms with Gasteiger partial charge in [-0.3, -0.25) is 4.79 Å². The molecule has 1 aromatic rings. The number of aryl methyl sites for hydroxylation is 1. The SMILES string of the molecule is Cc1ccc(CC(=O)N2CCSCC2)cc1. The van der Waals surface area contributed by atoms with Gasteiger partial charge in [-0.25, -0.2) is 0 Å². The van der Waals surface area contributed by atoms with Crippen LogP contribution < -0.4 is 0 Å². The topological polar surface area (TPSA) is 20.3 Å². The van der Waals surface area contributed by atoms with Gasteiger partial charge in [0.05, 0.1) is 6.42 Å². The van der Waals surface area contributed by atoms with E-state index in [0.717, 1.165) is 30.2 Å². The van der Waals surface area contributed by atoms with Crippen LogP contribution in [0.1, 0.15) is 11.1 Å². The number of carbonyl (C=O) groups excluding carboxylic acids is 1. The molecule has 1 saturated heterocycles. The van der Waals surface area contributed by atoms with Crippen molar-refractivity contribution in [2.75, 3.05) is 24.6 Å². The van der Waals surface area contributed by atoms with Crippen LogP contribution in [0, 0.1) is 6.92 Å². The molecule has 1 aliphatic rings. The van der Waals surface area contributed by atoms with Crippen molar-refractivity contribution in [2.24, 2.45) is 0 Å². The van der Waals surface area contributed by atoms with Crippen LogP contribution in [0.3, 0.4) is 0 Å². The number of hydrogen-bond acceptors (Lipinski definition) is 2. The fraction of sp³-hybridized carbons (Fsp3) is 0.462. The van der Waals surface area contributed by atoms with E-state index in [-0.39, 0.29) is 5.91 Å². The summed E-state index contributed by atoms with van der Waals surface area (Å²) in [5.74, 6) is 2.43. The molecule has 16 heavy (non-hydrogen) atoms. The average molecular weight is 235 g/mol. The third kappa shape index (κ3) is 3.01. The maximum Gasteiger partial charge on any atom is 0.227 e. The Labute approximate surface area is 101 Å². The lowest BCUT2D eigenvalue weighted by Crippen LogP contribution is -2.38. The molecule has 1 aromatic carbocycles. The van der Waals surface area contributed by atoms with Gasteiger partial charge in [0.25, 0.3) is 0 Å². The van der Waals surface area contributed by atoms with Crippen molar-refractivity contribution in [3.8, 4) is 0 Å². The number of thioether (sulfide) groups is 1. The summed E-state index contributed by atoms with van der Waals surface area (Å²) >= 11 is 1.93. The second kappa shape index (κ2) is 5.39. The first-order valence-electron chi connectivity index (χ1n) is 5.67. The van der Waals surface area contributed by atoms with Crippen LogP contribution >= 0.6 is 11.8 Å². The first kappa shape index (κ1) is 11.5. The highest BCUT2D eigenvalue weighted by molar-refractivity contribution is 7.99. The maximum atomic E-state index is 12.0. The lowest BCUT2D eigenvalue weighted by atomic mass is 10.1. The van der Waals surface area contributed by atoms with Gasteiger partial charge in [-0.2, -0.15) is 11.8 Å². The minimum absolute atomic E-state index is 0.268. The molecule has 2 nitrogen and oxygen atoms in total. The zero-order chi connectivity index (χ0) is 11.4. The van der Waals surface area contributed by atoms with Crippen LogP contribution in [0.15, 0.2) is 24.3 Å². The van der Waals surface area contributed by atoms with Crippen LogP contribution in [0.5, 0.6) is 0 Å². The van der Waals surface area contributed by atoms with Crippen molar-refractivity contribution in [1.29, 1.82) is 0 Å². The molecule has 0 unspecified atom stereocenters. The van der Waals surface area contributed by atoms with Gasteiger partial charge in [0.1, 0.15) is 0 Å². The van der Waals surface area contributed by atoms with Crippen LogP contribution in [0.4, 0.5) is 0 Å². The molecule has 0 spiro atoms. The Morgan fingerprint density at radius 1 is 1.25 bits per heavy atom. The van der Waals surface area contributed by atoms with Crippen molar-refractivity contribution in [3.05, 3.63) is 35.4 Å². The minimum atomic E-state index is 0.268. The number of hydrogen-bond donors (Lipinski definition) is 0. The molecule has 0 aliphatic carbocycles. The minimum Gasteiger partial charge on any atom is -0.341 e. The zero-order valence-corrected chi connectivity index (χ0v) is 10.4. The van der Waals surface area contributed by atoms with Crippen LogP contribution in [0.2, 0.25) is 0 Å². The zero-order valence-electron chi connectivity index (χ0n) is 9.61. The van der Waals surface area contributed by atoms with E-state index in [9.17, 15) is 4.79 Å². The molecule has 1 amide bonds.